The van der Waals surface area contributed by atoms with Gasteiger partial charge < -0.3 is 0 Å². The molecular formula is C10H9BrN2. The van der Waals surface area contributed by atoms with Gasteiger partial charge in [0.05, 0.1) is 17.2 Å². The maximum Gasteiger partial charge on any atom is 0.125 e. The minimum atomic E-state index is 0.781. The molecule has 0 fully saturated rings. The van der Waals surface area contributed by atoms with Crippen molar-refractivity contribution in [1.29, 1.82) is 0 Å². The fraction of sp³-hybridized carbons (Fsp3) is 0.200. The Morgan fingerprint density at radius 3 is 2.38 bits per heavy atom. The van der Waals surface area contributed by atoms with Gasteiger partial charge in [0, 0.05) is 0 Å². The van der Waals surface area contributed by atoms with Crippen LogP contribution in [0.5, 0.6) is 0 Å². The lowest BCUT2D eigenvalue weighted by Gasteiger charge is -2.02. The van der Waals surface area contributed by atoms with E-state index < -0.39 is 0 Å². The molecule has 66 valence electrons. The van der Waals surface area contributed by atoms with Crippen LogP contribution in [0.2, 0.25) is 0 Å². The molecule has 13 heavy (non-hydrogen) atoms. The second-order valence-corrected chi connectivity index (χ2v) is 3.93. The van der Waals surface area contributed by atoms with Gasteiger partial charge in [-0.2, -0.15) is 0 Å². The molecule has 0 aliphatic rings. The maximum atomic E-state index is 4.33. The van der Waals surface area contributed by atoms with Crippen molar-refractivity contribution in [2.75, 3.05) is 0 Å². The molecule has 0 saturated heterocycles. The highest BCUT2D eigenvalue weighted by molar-refractivity contribution is 9.10. The molecule has 1 heterocycles. The van der Waals surface area contributed by atoms with E-state index >= 15 is 0 Å². The van der Waals surface area contributed by atoms with Gasteiger partial charge in [0.15, 0.2) is 0 Å². The largest absolute Gasteiger partial charge is 0.252 e. The molecule has 0 radical (unpaired) electrons. The van der Waals surface area contributed by atoms with Crippen molar-refractivity contribution < 1.29 is 0 Å². The van der Waals surface area contributed by atoms with Crippen molar-refractivity contribution in [1.82, 2.24) is 9.97 Å². The highest BCUT2D eigenvalue weighted by Gasteiger charge is 2.00. The molecule has 0 atom stereocenters. The Kier molecular flexibility index (Phi) is 2.04. The van der Waals surface area contributed by atoms with E-state index in [9.17, 15) is 0 Å². The number of aryl methyl sites for hydroxylation is 2. The number of hydrogen-bond donors (Lipinski definition) is 0. The van der Waals surface area contributed by atoms with Crippen molar-refractivity contribution >= 4 is 27.0 Å². The average molecular weight is 237 g/mol. The summed E-state index contributed by atoms with van der Waals surface area (Å²) in [7, 11) is 0. The molecule has 0 aliphatic heterocycles. The molecule has 2 aromatic rings. The normalized spacial score (nSPS) is 10.7. The summed E-state index contributed by atoms with van der Waals surface area (Å²) in [5.74, 6) is 0. The number of hydrogen-bond acceptors (Lipinski definition) is 2. The summed E-state index contributed by atoms with van der Waals surface area (Å²) in [5, 5.41) is 0. The summed E-state index contributed by atoms with van der Waals surface area (Å²) in [6.45, 7) is 4.16. The van der Waals surface area contributed by atoms with Crippen LogP contribution in [0.15, 0.2) is 22.9 Å². The van der Waals surface area contributed by atoms with Crippen LogP contribution in [0.4, 0.5) is 0 Å². The second kappa shape index (κ2) is 3.07. The number of nitrogens with zero attached hydrogens (tertiary/aromatic N) is 2. The van der Waals surface area contributed by atoms with Crippen molar-refractivity contribution in [3.8, 4) is 0 Å². The first-order valence-electron chi connectivity index (χ1n) is 4.06. The van der Waals surface area contributed by atoms with Crippen LogP contribution < -0.4 is 0 Å². The van der Waals surface area contributed by atoms with E-state index in [1.165, 1.54) is 11.1 Å². The van der Waals surface area contributed by atoms with E-state index in [1.807, 2.05) is 0 Å². The van der Waals surface area contributed by atoms with Crippen molar-refractivity contribution in [2.24, 2.45) is 0 Å². The minimum Gasteiger partial charge on any atom is -0.252 e. The van der Waals surface area contributed by atoms with E-state index in [1.54, 1.807) is 6.20 Å². The van der Waals surface area contributed by atoms with Crippen LogP contribution >= 0.6 is 15.9 Å². The Balaban J connectivity index is 2.81. The third-order valence-electron chi connectivity index (χ3n) is 2.13. The molecule has 0 bridgehead atoms. The summed E-state index contributed by atoms with van der Waals surface area (Å²) < 4.78 is 0.781. The van der Waals surface area contributed by atoms with Crippen molar-refractivity contribution in [2.45, 2.75) is 13.8 Å². The van der Waals surface area contributed by atoms with E-state index in [0.29, 0.717) is 0 Å². The van der Waals surface area contributed by atoms with Crippen molar-refractivity contribution in [3.05, 3.63) is 34.1 Å². The van der Waals surface area contributed by atoms with E-state index in [0.717, 1.165) is 15.6 Å². The minimum absolute atomic E-state index is 0.781. The van der Waals surface area contributed by atoms with Gasteiger partial charge in [-0.15, -0.1) is 0 Å². The Morgan fingerprint density at radius 1 is 1.08 bits per heavy atom. The fourth-order valence-corrected chi connectivity index (χ4v) is 1.54. The summed E-state index contributed by atoms with van der Waals surface area (Å²) in [6, 6.07) is 4.12. The Morgan fingerprint density at radius 2 is 1.69 bits per heavy atom. The van der Waals surface area contributed by atoms with Gasteiger partial charge in [0.25, 0.3) is 0 Å². The lowest BCUT2D eigenvalue weighted by molar-refractivity contribution is 1.23. The molecule has 0 amide bonds. The Hall–Kier alpha value is -0.960. The first-order valence-corrected chi connectivity index (χ1v) is 4.85. The standard InChI is InChI=1S/C10H9BrN2/c1-6-3-8-9(4-7(6)2)13-10(11)5-12-8/h3-5H,1-2H3. The van der Waals surface area contributed by atoms with Gasteiger partial charge in [-0.05, 0) is 53.0 Å². The smallest absolute Gasteiger partial charge is 0.125 e. The van der Waals surface area contributed by atoms with E-state index in [2.05, 4.69) is 51.9 Å². The number of benzene rings is 1. The van der Waals surface area contributed by atoms with Crippen molar-refractivity contribution in [3.63, 3.8) is 0 Å². The Labute approximate surface area is 85.1 Å². The zero-order chi connectivity index (χ0) is 9.42. The lowest BCUT2D eigenvalue weighted by Crippen LogP contribution is -1.88. The third-order valence-corrected chi connectivity index (χ3v) is 2.51. The molecule has 0 spiro atoms. The predicted octanol–water partition coefficient (Wildman–Crippen LogP) is 3.01. The lowest BCUT2D eigenvalue weighted by atomic mass is 10.1. The summed E-state index contributed by atoms with van der Waals surface area (Å²) in [6.07, 6.45) is 1.72. The van der Waals surface area contributed by atoms with Gasteiger partial charge in [-0.1, -0.05) is 0 Å². The average Bonchev–Trinajstić information content (AvgIpc) is 2.08. The van der Waals surface area contributed by atoms with Crippen LogP contribution in [0.3, 0.4) is 0 Å². The number of fused-ring (bicyclic) bond motifs is 1. The van der Waals surface area contributed by atoms with E-state index in [-0.39, 0.29) is 0 Å². The quantitative estimate of drug-likeness (QED) is 0.703. The molecule has 0 saturated carbocycles. The number of rotatable bonds is 0. The van der Waals surface area contributed by atoms with Crippen LogP contribution in [0.25, 0.3) is 11.0 Å². The first kappa shape index (κ1) is 8.63. The molecule has 0 unspecified atom stereocenters. The predicted molar refractivity (Wildman–Crippen MR) is 56.7 cm³/mol. The van der Waals surface area contributed by atoms with Crippen LogP contribution in [-0.4, -0.2) is 9.97 Å². The maximum absolute atomic E-state index is 4.33. The van der Waals surface area contributed by atoms with Crippen LogP contribution in [-0.2, 0) is 0 Å². The molecule has 1 aromatic heterocycles. The number of halogens is 1. The SMILES string of the molecule is Cc1cc2ncc(Br)nc2cc1C. The van der Waals surface area contributed by atoms with Gasteiger partial charge in [-0.25, -0.2) is 4.98 Å². The summed E-state index contributed by atoms with van der Waals surface area (Å²) in [5.41, 5.74) is 4.40. The highest BCUT2D eigenvalue weighted by Crippen LogP contribution is 2.17. The number of aromatic nitrogens is 2. The highest BCUT2D eigenvalue weighted by atomic mass is 79.9. The third kappa shape index (κ3) is 1.56. The van der Waals surface area contributed by atoms with Gasteiger partial charge in [-0.3, -0.25) is 4.98 Å². The zero-order valence-electron chi connectivity index (χ0n) is 7.50. The van der Waals surface area contributed by atoms with Crippen LogP contribution in [0.1, 0.15) is 11.1 Å². The first-order chi connectivity index (χ1) is 6.16. The molecule has 0 aliphatic carbocycles. The van der Waals surface area contributed by atoms with Gasteiger partial charge in [0.2, 0.25) is 0 Å². The second-order valence-electron chi connectivity index (χ2n) is 3.12. The summed E-state index contributed by atoms with van der Waals surface area (Å²) in [4.78, 5) is 8.61. The van der Waals surface area contributed by atoms with Gasteiger partial charge in [0.1, 0.15) is 4.60 Å². The Bertz CT molecular complexity index is 466. The molecule has 2 nitrogen and oxygen atoms in total. The molecule has 1 aromatic carbocycles. The van der Waals surface area contributed by atoms with Crippen LogP contribution in [0, 0.1) is 13.8 Å². The van der Waals surface area contributed by atoms with Gasteiger partial charge >= 0.3 is 0 Å². The fourth-order valence-electron chi connectivity index (χ4n) is 1.25. The van der Waals surface area contributed by atoms with E-state index in [4.69, 9.17) is 0 Å². The summed E-state index contributed by atoms with van der Waals surface area (Å²) >= 11 is 3.30. The molecule has 2 rings (SSSR count). The topological polar surface area (TPSA) is 25.8 Å². The zero-order valence-corrected chi connectivity index (χ0v) is 9.09. The molecular weight excluding hydrogens is 228 g/mol. The molecule has 0 N–H and O–H groups in total. The monoisotopic (exact) mass is 236 g/mol. The molecule has 3 heteroatoms.